The van der Waals surface area contributed by atoms with Gasteiger partial charge in [0.25, 0.3) is 0 Å². The van der Waals surface area contributed by atoms with E-state index in [4.69, 9.17) is 24.3 Å². The van der Waals surface area contributed by atoms with Gasteiger partial charge >= 0.3 is 19.8 Å². The number of esters is 2. The van der Waals surface area contributed by atoms with Gasteiger partial charge in [-0.15, -0.1) is 0 Å². The number of rotatable bonds is 60. The predicted octanol–water partition coefficient (Wildman–Crippen LogP) is 20.6. The third-order valence-electron chi connectivity index (χ3n) is 13.8. The molecule has 2 unspecified atom stereocenters. The second-order valence-electron chi connectivity index (χ2n) is 21.3. The summed E-state index contributed by atoms with van der Waals surface area (Å²) in [5.74, 6) is -0.891. The number of allylic oxidation sites excluding steroid dienone is 14. The van der Waals surface area contributed by atoms with Gasteiger partial charge in [0.1, 0.15) is 6.61 Å². The molecule has 2 atom stereocenters. The van der Waals surface area contributed by atoms with E-state index in [0.29, 0.717) is 12.8 Å². The second-order valence-corrected chi connectivity index (χ2v) is 22.7. The fourth-order valence-corrected chi connectivity index (χ4v) is 9.86. The van der Waals surface area contributed by atoms with Crippen LogP contribution in [0.3, 0.4) is 0 Å². The first-order chi connectivity index (χ1) is 37.8. The van der Waals surface area contributed by atoms with Crippen LogP contribution >= 0.6 is 7.82 Å². The molecule has 0 aliphatic rings. The van der Waals surface area contributed by atoms with Crippen LogP contribution in [0.1, 0.15) is 296 Å². The normalized spacial score (nSPS) is 13.6. The summed E-state index contributed by atoms with van der Waals surface area (Å²) in [4.78, 5) is 35.2. The number of ether oxygens (including phenoxy) is 2. The molecule has 0 aromatic rings. The molecule has 0 saturated carbocycles. The van der Waals surface area contributed by atoms with Crippen LogP contribution < -0.4 is 5.73 Å². The summed E-state index contributed by atoms with van der Waals surface area (Å²) in [5, 5.41) is 0. The Bertz CT molecular complexity index is 1530. The summed E-state index contributed by atoms with van der Waals surface area (Å²) in [6.07, 6.45) is 82.6. The van der Waals surface area contributed by atoms with E-state index in [1.54, 1.807) is 0 Å². The van der Waals surface area contributed by atoms with Crippen molar-refractivity contribution in [2.45, 2.75) is 302 Å². The Morgan fingerprint density at radius 2 is 0.714 bits per heavy atom. The van der Waals surface area contributed by atoms with Crippen molar-refractivity contribution in [3.05, 3.63) is 85.1 Å². The highest BCUT2D eigenvalue weighted by atomic mass is 31.2. The number of carbonyl (C=O) groups excluding carboxylic acids is 2. The zero-order valence-electron chi connectivity index (χ0n) is 49.9. The molecule has 446 valence electrons. The van der Waals surface area contributed by atoms with Crippen molar-refractivity contribution in [1.29, 1.82) is 0 Å². The van der Waals surface area contributed by atoms with Crippen LogP contribution in [-0.4, -0.2) is 49.3 Å². The van der Waals surface area contributed by atoms with Gasteiger partial charge < -0.3 is 20.1 Å². The Labute approximate surface area is 474 Å². The van der Waals surface area contributed by atoms with Crippen molar-refractivity contribution in [3.8, 4) is 0 Å². The predicted molar refractivity (Wildman–Crippen MR) is 330 cm³/mol. The molecule has 0 saturated heterocycles. The summed E-state index contributed by atoms with van der Waals surface area (Å²) in [7, 11) is -4.41. The van der Waals surface area contributed by atoms with E-state index in [-0.39, 0.29) is 32.6 Å². The second kappa shape index (κ2) is 62.4. The number of hydrogen-bond donors (Lipinski definition) is 2. The summed E-state index contributed by atoms with van der Waals surface area (Å²) >= 11 is 0. The minimum Gasteiger partial charge on any atom is -0.462 e. The molecule has 0 radical (unpaired) electrons. The zero-order valence-corrected chi connectivity index (χ0v) is 50.8. The highest BCUT2D eigenvalue weighted by molar-refractivity contribution is 7.47. The SMILES string of the molecule is CC/C=C\C/C=C\C/C=C\C/C=C\C/C=C\C/C=C\C/C=C\CCCC(=O)OC(COC(=O)CCCCCCCCCCCCCCCCCCCCCCCCCCCCCCCCCCC)COP(=O)(O)OCCN. The molecule has 0 rings (SSSR count). The van der Waals surface area contributed by atoms with Crippen molar-refractivity contribution in [3.63, 3.8) is 0 Å². The average Bonchev–Trinajstić information content (AvgIpc) is 3.42. The largest absolute Gasteiger partial charge is 0.472 e. The molecule has 3 N–H and O–H groups in total. The van der Waals surface area contributed by atoms with Crippen LogP contribution in [0.5, 0.6) is 0 Å². The van der Waals surface area contributed by atoms with Crippen molar-refractivity contribution in [1.82, 2.24) is 0 Å². The molecule has 10 heteroatoms. The monoisotopic (exact) mass is 1100 g/mol. The average molecular weight is 1100 g/mol. The van der Waals surface area contributed by atoms with Crippen molar-refractivity contribution < 1.29 is 37.6 Å². The lowest BCUT2D eigenvalue weighted by Crippen LogP contribution is -2.29. The van der Waals surface area contributed by atoms with Crippen LogP contribution in [0.2, 0.25) is 0 Å². The lowest BCUT2D eigenvalue weighted by atomic mass is 10.0. The summed E-state index contributed by atoms with van der Waals surface area (Å²) in [6, 6.07) is 0. The Balaban J connectivity index is 3.93. The van der Waals surface area contributed by atoms with E-state index >= 15 is 0 Å². The highest BCUT2D eigenvalue weighted by Crippen LogP contribution is 2.43. The quantitative estimate of drug-likeness (QED) is 0.0264. The molecular formula is C67H120NO8P. The first-order valence-corrected chi connectivity index (χ1v) is 33.6. The van der Waals surface area contributed by atoms with Crippen molar-refractivity contribution in [2.24, 2.45) is 5.73 Å². The number of nitrogens with two attached hydrogens (primary N) is 1. The topological polar surface area (TPSA) is 134 Å². The molecule has 0 aliphatic carbocycles. The maximum absolute atomic E-state index is 12.7. The van der Waals surface area contributed by atoms with Gasteiger partial charge in [-0.25, -0.2) is 4.57 Å². The number of phosphoric ester groups is 1. The van der Waals surface area contributed by atoms with Gasteiger partial charge in [0.2, 0.25) is 0 Å². The molecule has 0 aromatic heterocycles. The number of unbranched alkanes of at least 4 members (excludes halogenated alkanes) is 33. The van der Waals surface area contributed by atoms with Gasteiger partial charge in [0, 0.05) is 19.4 Å². The molecule has 9 nitrogen and oxygen atoms in total. The Morgan fingerprint density at radius 1 is 0.403 bits per heavy atom. The molecule has 0 aliphatic heterocycles. The van der Waals surface area contributed by atoms with E-state index in [0.717, 1.165) is 64.2 Å². The lowest BCUT2D eigenvalue weighted by molar-refractivity contribution is -0.161. The summed E-state index contributed by atoms with van der Waals surface area (Å²) < 4.78 is 33.0. The maximum atomic E-state index is 12.7. The van der Waals surface area contributed by atoms with Gasteiger partial charge in [0.15, 0.2) is 6.10 Å². The van der Waals surface area contributed by atoms with Gasteiger partial charge in [-0.05, 0) is 64.2 Å². The molecule has 0 bridgehead atoms. The smallest absolute Gasteiger partial charge is 0.462 e. The Morgan fingerprint density at radius 3 is 1.05 bits per heavy atom. The van der Waals surface area contributed by atoms with Crippen LogP contribution in [0.4, 0.5) is 0 Å². The van der Waals surface area contributed by atoms with Gasteiger partial charge in [-0.2, -0.15) is 0 Å². The van der Waals surface area contributed by atoms with Gasteiger partial charge in [-0.3, -0.25) is 18.6 Å². The minimum atomic E-state index is -4.41. The van der Waals surface area contributed by atoms with E-state index < -0.39 is 32.5 Å². The van der Waals surface area contributed by atoms with Crippen LogP contribution in [0.15, 0.2) is 85.1 Å². The molecule has 0 heterocycles. The van der Waals surface area contributed by atoms with E-state index in [2.05, 4.69) is 92.8 Å². The maximum Gasteiger partial charge on any atom is 0.472 e. The van der Waals surface area contributed by atoms with Crippen LogP contribution in [0.25, 0.3) is 0 Å². The third-order valence-corrected chi connectivity index (χ3v) is 14.8. The molecule has 0 amide bonds. The zero-order chi connectivity index (χ0) is 55.9. The molecule has 0 aromatic carbocycles. The standard InChI is InChI=1S/C67H120NO8P/c1-3-5-7-9-11-13-15-17-19-21-23-25-27-28-29-30-31-32-33-34-35-36-38-39-41-43-45-47-49-51-53-55-57-59-66(69)73-63-65(64-75-77(71,72)74-62-61-68)76-67(70)60-58-56-54-52-50-48-46-44-42-40-37-26-24-22-20-18-16-14-12-10-8-6-4-2/h6,8,12,14,18,20,24,26,40,42,46,48,52,54,65H,3-5,7,9-11,13,15-17,19,21-23,25,27-39,41,43-45,47,49-51,53,55-64,68H2,1-2H3,(H,71,72)/b8-6-,14-12-,20-18-,26-24-,42-40-,48-46-,54-52-. The van der Waals surface area contributed by atoms with Crippen LogP contribution in [-0.2, 0) is 32.7 Å². The molecular weight excluding hydrogens is 978 g/mol. The number of phosphoric acid groups is 1. The van der Waals surface area contributed by atoms with Crippen molar-refractivity contribution in [2.75, 3.05) is 26.4 Å². The molecule has 0 spiro atoms. The van der Waals surface area contributed by atoms with E-state index in [1.807, 2.05) is 6.08 Å². The first-order valence-electron chi connectivity index (χ1n) is 32.1. The Hall–Kier alpha value is -2.81. The van der Waals surface area contributed by atoms with Crippen molar-refractivity contribution >= 4 is 19.8 Å². The summed E-state index contributed by atoms with van der Waals surface area (Å²) in [5.41, 5.74) is 5.38. The Kier molecular flexibility index (Phi) is 60.1. The fraction of sp³-hybridized carbons (Fsp3) is 0.761. The molecule has 77 heavy (non-hydrogen) atoms. The van der Waals surface area contributed by atoms with E-state index in [1.165, 1.54) is 193 Å². The van der Waals surface area contributed by atoms with Gasteiger partial charge in [-0.1, -0.05) is 304 Å². The molecule has 0 fully saturated rings. The fourth-order valence-electron chi connectivity index (χ4n) is 9.10. The third kappa shape index (κ3) is 62.3. The number of hydrogen-bond acceptors (Lipinski definition) is 8. The number of carbonyl (C=O) groups is 2. The lowest BCUT2D eigenvalue weighted by Gasteiger charge is -2.19. The first kappa shape index (κ1) is 74.2. The highest BCUT2D eigenvalue weighted by Gasteiger charge is 2.26. The van der Waals surface area contributed by atoms with Crippen LogP contribution in [0, 0.1) is 0 Å². The van der Waals surface area contributed by atoms with Gasteiger partial charge in [0.05, 0.1) is 13.2 Å². The summed E-state index contributed by atoms with van der Waals surface area (Å²) in [6.45, 7) is 3.60. The van der Waals surface area contributed by atoms with E-state index in [9.17, 15) is 19.0 Å². The minimum absolute atomic E-state index is 0.0412.